The molecule has 2 N–H and O–H groups in total. The van der Waals surface area contributed by atoms with E-state index in [4.69, 9.17) is 11.0 Å². The smallest absolute Gasteiger partial charge is 0.249 e. The molecule has 4 heteroatoms. The summed E-state index contributed by atoms with van der Waals surface area (Å²) in [7, 11) is 0. The second kappa shape index (κ2) is 4.68. The van der Waals surface area contributed by atoms with Gasteiger partial charge in [0.15, 0.2) is 0 Å². The number of hydrogen-bond acceptors (Lipinski definition) is 2. The lowest BCUT2D eigenvalue weighted by Gasteiger charge is -2.06. The van der Waals surface area contributed by atoms with Crippen LogP contribution in [-0.2, 0) is 0 Å². The Kier molecular flexibility index (Phi) is 3.07. The fraction of sp³-hybridized carbons (Fsp3) is 0. The van der Waals surface area contributed by atoms with E-state index in [2.05, 4.69) is 6.07 Å². The number of nitrogens with zero attached hydrogens (tertiary/aromatic N) is 1. The van der Waals surface area contributed by atoms with Gasteiger partial charge in [0.25, 0.3) is 0 Å². The molecule has 0 aromatic heterocycles. The van der Waals surface area contributed by atoms with Crippen LogP contribution in [0.5, 0.6) is 0 Å². The zero-order valence-corrected chi connectivity index (χ0v) is 9.27. The molecule has 0 saturated heterocycles. The molecule has 0 atom stereocenters. The highest BCUT2D eigenvalue weighted by molar-refractivity contribution is 5.99. The first kappa shape index (κ1) is 11.8. The van der Waals surface area contributed by atoms with E-state index >= 15 is 0 Å². The molecule has 0 unspecified atom stereocenters. The highest BCUT2D eigenvalue weighted by atomic mass is 19.1. The molecule has 18 heavy (non-hydrogen) atoms. The number of nitriles is 1. The Balaban J connectivity index is 2.60. The zero-order chi connectivity index (χ0) is 13.1. The Hall–Kier alpha value is -2.67. The van der Waals surface area contributed by atoms with Crippen LogP contribution in [0.1, 0.15) is 15.9 Å². The van der Waals surface area contributed by atoms with Gasteiger partial charge in [0.05, 0.1) is 11.1 Å². The second-order valence-corrected chi connectivity index (χ2v) is 3.63. The molecule has 3 nitrogen and oxygen atoms in total. The fourth-order valence-electron chi connectivity index (χ4n) is 1.65. The van der Waals surface area contributed by atoms with Gasteiger partial charge in [-0.25, -0.2) is 4.39 Å². The summed E-state index contributed by atoms with van der Waals surface area (Å²) in [6.45, 7) is 0. The number of halogens is 1. The van der Waals surface area contributed by atoms with Gasteiger partial charge in [-0.05, 0) is 29.3 Å². The first-order valence-corrected chi connectivity index (χ1v) is 5.14. The maximum Gasteiger partial charge on any atom is 0.249 e. The number of hydrogen-bond donors (Lipinski definition) is 1. The van der Waals surface area contributed by atoms with Crippen LogP contribution in [0, 0.1) is 23.2 Å². The molecule has 2 rings (SSSR count). The Morgan fingerprint density at radius 2 is 2.17 bits per heavy atom. The third-order valence-electron chi connectivity index (χ3n) is 2.50. The molecule has 1 radical (unpaired) electrons. The van der Waals surface area contributed by atoms with Crippen molar-refractivity contribution in [2.45, 2.75) is 0 Å². The first-order valence-electron chi connectivity index (χ1n) is 5.14. The summed E-state index contributed by atoms with van der Waals surface area (Å²) < 4.78 is 13.5. The summed E-state index contributed by atoms with van der Waals surface area (Å²) in [4.78, 5) is 11.2. The van der Waals surface area contributed by atoms with Crippen LogP contribution < -0.4 is 5.73 Å². The summed E-state index contributed by atoms with van der Waals surface area (Å²) in [5.41, 5.74) is 6.36. The van der Waals surface area contributed by atoms with Crippen molar-refractivity contribution >= 4 is 5.91 Å². The average Bonchev–Trinajstić information content (AvgIpc) is 2.38. The molecule has 0 aliphatic carbocycles. The fourth-order valence-corrected chi connectivity index (χ4v) is 1.65. The van der Waals surface area contributed by atoms with Crippen LogP contribution in [-0.4, -0.2) is 5.91 Å². The van der Waals surface area contributed by atoms with E-state index in [0.29, 0.717) is 11.1 Å². The van der Waals surface area contributed by atoms with Gasteiger partial charge in [-0.1, -0.05) is 24.3 Å². The van der Waals surface area contributed by atoms with Gasteiger partial charge in [-0.15, -0.1) is 0 Å². The van der Waals surface area contributed by atoms with Crippen LogP contribution in [0.4, 0.5) is 4.39 Å². The summed E-state index contributed by atoms with van der Waals surface area (Å²) in [5, 5.41) is 8.65. The van der Waals surface area contributed by atoms with Crippen molar-refractivity contribution in [2.24, 2.45) is 5.73 Å². The molecule has 0 fully saturated rings. The van der Waals surface area contributed by atoms with Gasteiger partial charge in [0.2, 0.25) is 5.91 Å². The Morgan fingerprint density at radius 1 is 1.39 bits per heavy atom. The first-order chi connectivity index (χ1) is 8.63. The normalized spacial score (nSPS) is 9.78. The molecule has 0 aliphatic rings. The maximum absolute atomic E-state index is 13.5. The highest BCUT2D eigenvalue weighted by Gasteiger charge is 2.11. The molecule has 1 amide bonds. The van der Waals surface area contributed by atoms with E-state index < -0.39 is 11.7 Å². The largest absolute Gasteiger partial charge is 0.366 e. The zero-order valence-electron chi connectivity index (χ0n) is 9.27. The molecular weight excluding hydrogens is 231 g/mol. The van der Waals surface area contributed by atoms with Gasteiger partial charge >= 0.3 is 0 Å². The van der Waals surface area contributed by atoms with Crippen LogP contribution in [0.3, 0.4) is 0 Å². The lowest BCUT2D eigenvalue weighted by atomic mass is 9.98. The number of nitrogens with two attached hydrogens (primary N) is 1. The molecule has 87 valence electrons. The number of rotatable bonds is 2. The van der Waals surface area contributed by atoms with Gasteiger partial charge in [-0.3, -0.25) is 4.79 Å². The SMILES string of the molecule is N#Cc1ccc(-c2ccc[c]c2C(N)=O)cc1F. The van der Waals surface area contributed by atoms with Gasteiger partial charge in [0.1, 0.15) is 11.9 Å². The van der Waals surface area contributed by atoms with Gasteiger partial charge in [-0.2, -0.15) is 5.26 Å². The molecule has 0 spiro atoms. The third kappa shape index (κ3) is 2.06. The molecule has 0 aliphatic heterocycles. The Bertz CT molecular complexity index is 659. The van der Waals surface area contributed by atoms with Gasteiger partial charge in [0, 0.05) is 0 Å². The van der Waals surface area contributed by atoms with Crippen molar-refractivity contribution in [3.8, 4) is 17.2 Å². The number of benzene rings is 2. The number of primary amides is 1. The Morgan fingerprint density at radius 3 is 2.78 bits per heavy atom. The second-order valence-electron chi connectivity index (χ2n) is 3.63. The van der Waals surface area contributed by atoms with Crippen molar-refractivity contribution in [3.05, 3.63) is 59.4 Å². The van der Waals surface area contributed by atoms with E-state index in [0.717, 1.165) is 0 Å². The summed E-state index contributed by atoms with van der Waals surface area (Å²) in [5.74, 6) is -1.26. The molecule has 2 aromatic rings. The van der Waals surface area contributed by atoms with E-state index in [-0.39, 0.29) is 11.1 Å². The lowest BCUT2D eigenvalue weighted by Crippen LogP contribution is -2.12. The van der Waals surface area contributed by atoms with Crippen LogP contribution in [0.15, 0.2) is 36.4 Å². The van der Waals surface area contributed by atoms with E-state index in [1.165, 1.54) is 12.1 Å². The van der Waals surface area contributed by atoms with Crippen LogP contribution in [0.2, 0.25) is 0 Å². The molecule has 0 heterocycles. The van der Waals surface area contributed by atoms with Crippen molar-refractivity contribution < 1.29 is 9.18 Å². The summed E-state index contributed by atoms with van der Waals surface area (Å²) in [6, 6.07) is 13.5. The lowest BCUT2D eigenvalue weighted by molar-refractivity contribution is 0.100. The van der Waals surface area contributed by atoms with E-state index in [9.17, 15) is 9.18 Å². The molecular formula is C14H8FN2O. The number of carbonyl (C=O) groups is 1. The number of amides is 1. The van der Waals surface area contributed by atoms with Crippen LogP contribution >= 0.6 is 0 Å². The minimum Gasteiger partial charge on any atom is -0.366 e. The van der Waals surface area contributed by atoms with Crippen molar-refractivity contribution in [2.75, 3.05) is 0 Å². The molecule has 2 aromatic carbocycles. The maximum atomic E-state index is 13.5. The molecule has 0 bridgehead atoms. The standard InChI is InChI=1S/C14H8FN2O/c15-13-7-9(5-6-10(13)8-16)11-3-1-2-4-12(11)14(17)18/h1-3,5-7H,(H2,17,18). The van der Waals surface area contributed by atoms with Crippen molar-refractivity contribution in [1.29, 1.82) is 5.26 Å². The van der Waals surface area contributed by atoms with Crippen LogP contribution in [0.25, 0.3) is 11.1 Å². The van der Waals surface area contributed by atoms with E-state index in [1.54, 1.807) is 30.3 Å². The van der Waals surface area contributed by atoms with E-state index in [1.807, 2.05) is 0 Å². The van der Waals surface area contributed by atoms with Crippen molar-refractivity contribution in [1.82, 2.24) is 0 Å². The quantitative estimate of drug-likeness (QED) is 0.873. The number of carbonyl (C=O) groups excluding carboxylic acids is 1. The predicted octanol–water partition coefficient (Wildman–Crippen LogP) is 2.26. The van der Waals surface area contributed by atoms with Crippen molar-refractivity contribution in [3.63, 3.8) is 0 Å². The molecule has 0 saturated carbocycles. The summed E-state index contributed by atoms with van der Waals surface area (Å²) in [6.07, 6.45) is 0. The topological polar surface area (TPSA) is 66.9 Å². The average molecular weight is 239 g/mol. The minimum absolute atomic E-state index is 0.0423. The Labute approximate surface area is 103 Å². The van der Waals surface area contributed by atoms with Gasteiger partial charge < -0.3 is 5.73 Å². The third-order valence-corrected chi connectivity index (χ3v) is 2.50. The predicted molar refractivity (Wildman–Crippen MR) is 63.9 cm³/mol. The summed E-state index contributed by atoms with van der Waals surface area (Å²) >= 11 is 0. The monoisotopic (exact) mass is 239 g/mol. The minimum atomic E-state index is -0.630. The highest BCUT2D eigenvalue weighted by Crippen LogP contribution is 2.24.